The monoisotopic (exact) mass is 295 g/mol. The van der Waals surface area contributed by atoms with Gasteiger partial charge in [0, 0.05) is 26.7 Å². The SMILES string of the molecule is CNC(=O)CNCCNCCOCCOc1ccccc1. The van der Waals surface area contributed by atoms with Crippen molar-refractivity contribution in [2.75, 3.05) is 53.0 Å². The summed E-state index contributed by atoms with van der Waals surface area (Å²) in [7, 11) is 1.63. The highest BCUT2D eigenvalue weighted by atomic mass is 16.5. The lowest BCUT2D eigenvalue weighted by atomic mass is 10.3. The van der Waals surface area contributed by atoms with Crippen molar-refractivity contribution in [3.05, 3.63) is 30.3 Å². The van der Waals surface area contributed by atoms with Gasteiger partial charge >= 0.3 is 0 Å². The molecule has 0 bridgehead atoms. The summed E-state index contributed by atoms with van der Waals surface area (Å²) < 4.78 is 11.0. The molecule has 1 aromatic rings. The van der Waals surface area contributed by atoms with Gasteiger partial charge in [0.2, 0.25) is 5.91 Å². The second kappa shape index (κ2) is 12.1. The zero-order valence-electron chi connectivity index (χ0n) is 12.6. The van der Waals surface area contributed by atoms with Gasteiger partial charge in [0.25, 0.3) is 0 Å². The Bertz CT molecular complexity index is 374. The van der Waals surface area contributed by atoms with E-state index in [1.807, 2.05) is 30.3 Å². The molecule has 1 aromatic carbocycles. The van der Waals surface area contributed by atoms with E-state index in [1.54, 1.807) is 7.05 Å². The van der Waals surface area contributed by atoms with Crippen LogP contribution < -0.4 is 20.7 Å². The Morgan fingerprint density at radius 3 is 2.52 bits per heavy atom. The van der Waals surface area contributed by atoms with E-state index < -0.39 is 0 Å². The number of carbonyl (C=O) groups is 1. The highest BCUT2D eigenvalue weighted by molar-refractivity contribution is 5.77. The van der Waals surface area contributed by atoms with Crippen molar-refractivity contribution in [1.82, 2.24) is 16.0 Å². The summed E-state index contributed by atoms with van der Waals surface area (Å²) in [6.45, 7) is 4.47. The zero-order chi connectivity index (χ0) is 15.2. The van der Waals surface area contributed by atoms with Crippen LogP contribution in [0.25, 0.3) is 0 Å². The average Bonchev–Trinajstić information content (AvgIpc) is 2.53. The molecular formula is C15H25N3O3. The second-order valence-electron chi connectivity index (χ2n) is 4.37. The van der Waals surface area contributed by atoms with E-state index in [-0.39, 0.29) is 5.91 Å². The molecule has 6 nitrogen and oxygen atoms in total. The Kier molecular flexibility index (Phi) is 10.1. The molecule has 1 rings (SSSR count). The number of hydrogen-bond acceptors (Lipinski definition) is 5. The van der Waals surface area contributed by atoms with E-state index >= 15 is 0 Å². The Balaban J connectivity index is 1.80. The van der Waals surface area contributed by atoms with Gasteiger partial charge in [-0.3, -0.25) is 4.79 Å². The molecular weight excluding hydrogens is 270 g/mol. The highest BCUT2D eigenvalue weighted by Gasteiger charge is 1.95. The fourth-order valence-corrected chi connectivity index (χ4v) is 1.57. The molecule has 0 heterocycles. The van der Waals surface area contributed by atoms with E-state index in [2.05, 4.69) is 16.0 Å². The lowest BCUT2D eigenvalue weighted by Crippen LogP contribution is -2.36. The van der Waals surface area contributed by atoms with Crippen LogP contribution in [0.15, 0.2) is 30.3 Å². The van der Waals surface area contributed by atoms with Gasteiger partial charge in [0.15, 0.2) is 0 Å². The maximum Gasteiger partial charge on any atom is 0.233 e. The van der Waals surface area contributed by atoms with Crippen LogP contribution in [0.5, 0.6) is 5.75 Å². The van der Waals surface area contributed by atoms with Crippen LogP contribution in [0.4, 0.5) is 0 Å². The molecule has 3 N–H and O–H groups in total. The van der Waals surface area contributed by atoms with Gasteiger partial charge < -0.3 is 25.4 Å². The predicted molar refractivity (Wildman–Crippen MR) is 82.6 cm³/mol. The summed E-state index contributed by atoms with van der Waals surface area (Å²) in [5, 5.41) is 8.81. The van der Waals surface area contributed by atoms with Crippen molar-refractivity contribution >= 4 is 5.91 Å². The normalized spacial score (nSPS) is 10.3. The topological polar surface area (TPSA) is 71.6 Å². The second-order valence-corrected chi connectivity index (χ2v) is 4.37. The number of carbonyl (C=O) groups excluding carboxylic acids is 1. The van der Waals surface area contributed by atoms with Crippen molar-refractivity contribution in [3.8, 4) is 5.75 Å². The van der Waals surface area contributed by atoms with Gasteiger partial charge in [0.1, 0.15) is 12.4 Å². The maximum atomic E-state index is 10.9. The molecule has 0 saturated heterocycles. The standard InChI is InChI=1S/C15H25N3O3/c1-16-15(19)13-18-8-7-17-9-10-20-11-12-21-14-5-3-2-4-6-14/h2-6,17-18H,7-13H2,1H3,(H,16,19). The first kappa shape index (κ1) is 17.4. The third kappa shape index (κ3) is 9.84. The minimum atomic E-state index is -0.00301. The van der Waals surface area contributed by atoms with Crippen molar-refractivity contribution in [1.29, 1.82) is 0 Å². The lowest BCUT2D eigenvalue weighted by Gasteiger charge is -2.08. The van der Waals surface area contributed by atoms with E-state index in [1.165, 1.54) is 0 Å². The number of amides is 1. The molecule has 0 saturated carbocycles. The smallest absolute Gasteiger partial charge is 0.233 e. The Morgan fingerprint density at radius 2 is 1.76 bits per heavy atom. The number of benzene rings is 1. The molecule has 0 aromatic heterocycles. The van der Waals surface area contributed by atoms with E-state index in [0.29, 0.717) is 26.4 Å². The van der Waals surface area contributed by atoms with Gasteiger partial charge in [-0.15, -0.1) is 0 Å². The summed E-state index contributed by atoms with van der Waals surface area (Å²) in [6, 6.07) is 9.69. The predicted octanol–water partition coefficient (Wildman–Crippen LogP) is 0.00720. The van der Waals surface area contributed by atoms with Crippen LogP contribution in [-0.4, -0.2) is 59.0 Å². The Morgan fingerprint density at radius 1 is 1.00 bits per heavy atom. The third-order valence-electron chi connectivity index (χ3n) is 2.71. The van der Waals surface area contributed by atoms with Gasteiger partial charge in [-0.25, -0.2) is 0 Å². The number of rotatable bonds is 12. The molecule has 6 heteroatoms. The van der Waals surface area contributed by atoms with Crippen LogP contribution in [0.1, 0.15) is 0 Å². The molecule has 118 valence electrons. The fourth-order valence-electron chi connectivity index (χ4n) is 1.57. The van der Waals surface area contributed by atoms with Gasteiger partial charge in [-0.1, -0.05) is 18.2 Å². The van der Waals surface area contributed by atoms with Crippen LogP contribution in [0.2, 0.25) is 0 Å². The number of para-hydroxylation sites is 1. The quantitative estimate of drug-likeness (QED) is 0.474. The minimum absolute atomic E-state index is 0.00301. The van der Waals surface area contributed by atoms with E-state index in [0.717, 1.165) is 25.4 Å². The van der Waals surface area contributed by atoms with Crippen LogP contribution in [-0.2, 0) is 9.53 Å². The van der Waals surface area contributed by atoms with Crippen molar-refractivity contribution in [3.63, 3.8) is 0 Å². The molecule has 0 aliphatic carbocycles. The number of nitrogens with one attached hydrogen (secondary N) is 3. The first-order valence-electron chi connectivity index (χ1n) is 7.20. The molecule has 0 atom stereocenters. The van der Waals surface area contributed by atoms with Gasteiger partial charge in [-0.05, 0) is 12.1 Å². The van der Waals surface area contributed by atoms with Crippen molar-refractivity contribution in [2.24, 2.45) is 0 Å². The summed E-state index contributed by atoms with van der Waals surface area (Å²) in [5.41, 5.74) is 0. The van der Waals surface area contributed by atoms with Crippen LogP contribution in [0, 0.1) is 0 Å². The molecule has 0 fully saturated rings. The van der Waals surface area contributed by atoms with Crippen molar-refractivity contribution < 1.29 is 14.3 Å². The summed E-state index contributed by atoms with van der Waals surface area (Å²) in [5.74, 6) is 0.859. The van der Waals surface area contributed by atoms with Crippen molar-refractivity contribution in [2.45, 2.75) is 0 Å². The molecule has 0 aliphatic heterocycles. The summed E-state index contributed by atoms with van der Waals surface area (Å²) in [4.78, 5) is 10.9. The van der Waals surface area contributed by atoms with Crippen LogP contribution >= 0.6 is 0 Å². The number of likely N-dealkylation sites (N-methyl/N-ethyl adjacent to an activating group) is 1. The molecule has 0 aliphatic rings. The van der Waals surface area contributed by atoms with Gasteiger partial charge in [-0.2, -0.15) is 0 Å². The largest absolute Gasteiger partial charge is 0.491 e. The molecule has 0 spiro atoms. The minimum Gasteiger partial charge on any atom is -0.491 e. The van der Waals surface area contributed by atoms with E-state index in [9.17, 15) is 4.79 Å². The average molecular weight is 295 g/mol. The molecule has 0 unspecified atom stereocenters. The first-order chi connectivity index (χ1) is 10.3. The molecule has 21 heavy (non-hydrogen) atoms. The van der Waals surface area contributed by atoms with Crippen LogP contribution in [0.3, 0.4) is 0 Å². The Labute approximate surface area is 126 Å². The number of ether oxygens (including phenoxy) is 2. The molecule has 0 radical (unpaired) electrons. The molecule has 1 amide bonds. The van der Waals surface area contributed by atoms with Gasteiger partial charge in [0.05, 0.1) is 19.8 Å². The third-order valence-corrected chi connectivity index (χ3v) is 2.71. The number of hydrogen-bond donors (Lipinski definition) is 3. The Hall–Kier alpha value is -1.63. The van der Waals surface area contributed by atoms with E-state index in [4.69, 9.17) is 9.47 Å². The maximum absolute atomic E-state index is 10.9. The summed E-state index contributed by atoms with van der Waals surface area (Å²) >= 11 is 0. The summed E-state index contributed by atoms with van der Waals surface area (Å²) in [6.07, 6.45) is 0. The highest BCUT2D eigenvalue weighted by Crippen LogP contribution is 2.07. The lowest BCUT2D eigenvalue weighted by molar-refractivity contribution is -0.119. The first-order valence-corrected chi connectivity index (χ1v) is 7.20. The zero-order valence-corrected chi connectivity index (χ0v) is 12.6. The fraction of sp³-hybridized carbons (Fsp3) is 0.533.